The number of nitrogens with one attached hydrogen (secondary N) is 2. The quantitative estimate of drug-likeness (QED) is 0.191. The minimum absolute atomic E-state index is 0.0126. The first kappa shape index (κ1) is 28.6. The summed E-state index contributed by atoms with van der Waals surface area (Å²) in [6, 6.07) is 17.8. The fourth-order valence-corrected chi connectivity index (χ4v) is 4.67. The number of hydrogen-bond donors (Lipinski definition) is 3. The van der Waals surface area contributed by atoms with E-state index in [1.807, 2.05) is 12.1 Å². The first-order valence-corrected chi connectivity index (χ1v) is 14.1. The smallest absolute Gasteiger partial charge is 0.263 e. The molecule has 5 rings (SSSR count). The number of H-pyrrole nitrogens is 1. The third kappa shape index (κ3) is 6.50. The molecule has 42 heavy (non-hydrogen) atoms. The van der Waals surface area contributed by atoms with Gasteiger partial charge in [-0.3, -0.25) is 9.71 Å². The normalized spacial score (nSPS) is 11.7. The lowest BCUT2D eigenvalue weighted by molar-refractivity contribution is 0.192. The lowest BCUT2D eigenvalue weighted by Gasteiger charge is -2.18. The van der Waals surface area contributed by atoms with E-state index in [9.17, 15) is 9.32 Å². The van der Waals surface area contributed by atoms with Gasteiger partial charge in [-0.15, -0.1) is 10.2 Å². The van der Waals surface area contributed by atoms with Crippen LogP contribution in [0.3, 0.4) is 0 Å². The van der Waals surface area contributed by atoms with Crippen LogP contribution in [0.4, 0.5) is 5.82 Å². The number of aliphatic hydroxyl groups excluding tert-OH is 1. The van der Waals surface area contributed by atoms with Gasteiger partial charge in [-0.2, -0.15) is 10.2 Å². The third-order valence-electron chi connectivity index (χ3n) is 5.99. The fourth-order valence-electron chi connectivity index (χ4n) is 3.86. The number of aromatic nitrogens is 7. The van der Waals surface area contributed by atoms with E-state index in [1.165, 1.54) is 7.11 Å². The number of aromatic amines is 1. The molecule has 0 aliphatic rings. The highest BCUT2D eigenvalue weighted by molar-refractivity contribution is 7.86. The Labute approximate surface area is 243 Å². The first-order valence-electron chi connectivity index (χ1n) is 12.9. The zero-order valence-corrected chi connectivity index (χ0v) is 23.8. The monoisotopic (exact) mass is 588 g/mol. The first-order chi connectivity index (χ1) is 20.5. The Kier molecular flexibility index (Phi) is 8.94. The van der Waals surface area contributed by atoms with Gasteiger partial charge in [0.15, 0.2) is 34.1 Å². The van der Waals surface area contributed by atoms with Gasteiger partial charge < -0.3 is 19.3 Å². The molecule has 0 radical (unpaired) electrons. The van der Waals surface area contributed by atoms with Crippen molar-refractivity contribution in [1.29, 1.82) is 0 Å². The van der Waals surface area contributed by atoms with Gasteiger partial charge in [-0.25, -0.2) is 9.19 Å². The van der Waals surface area contributed by atoms with Crippen molar-refractivity contribution < 1.29 is 23.5 Å². The van der Waals surface area contributed by atoms with Crippen LogP contribution >= 0.6 is 0 Å². The standard InChI is InChI=1S/C28H28N8O5S/c1-17(2)18-8-10-20(11-9-18)42(38)34-27-24(41-23-7-5-4-6-22(23)39-3)28(40-15-14-37)31-26(30-27)21-16-19(12-13-29-21)25-32-35-36-33-25/h4-13,16-17,37H,14-15H2,1-3H3,(H,30,31,34)(H,32,33,35,36). The molecule has 0 aliphatic carbocycles. The highest BCUT2D eigenvalue weighted by Crippen LogP contribution is 2.41. The minimum atomic E-state index is -1.75. The van der Waals surface area contributed by atoms with Crippen LogP contribution in [0, 0.1) is 0 Å². The van der Waals surface area contributed by atoms with Crippen molar-refractivity contribution in [3.05, 3.63) is 72.4 Å². The second-order valence-electron chi connectivity index (χ2n) is 9.11. The number of methoxy groups -OCH3 is 1. The highest BCUT2D eigenvalue weighted by atomic mass is 32.2. The molecule has 0 fully saturated rings. The number of benzene rings is 2. The summed E-state index contributed by atoms with van der Waals surface area (Å²) in [6.07, 6.45) is 1.55. The molecular formula is C28H28N8O5S. The molecule has 0 bridgehead atoms. The van der Waals surface area contributed by atoms with Crippen molar-refractivity contribution in [2.75, 3.05) is 25.0 Å². The van der Waals surface area contributed by atoms with Crippen LogP contribution in [0.2, 0.25) is 0 Å². The molecule has 2 aromatic carbocycles. The molecule has 1 atom stereocenters. The average molecular weight is 589 g/mol. The maximum Gasteiger partial charge on any atom is 0.263 e. The van der Waals surface area contributed by atoms with Gasteiger partial charge in [0.1, 0.15) is 12.3 Å². The molecule has 5 aromatic rings. The van der Waals surface area contributed by atoms with Crippen molar-refractivity contribution in [3.8, 4) is 46.0 Å². The van der Waals surface area contributed by atoms with Crippen molar-refractivity contribution in [2.24, 2.45) is 0 Å². The number of ether oxygens (including phenoxy) is 3. The van der Waals surface area contributed by atoms with Crippen molar-refractivity contribution in [1.82, 2.24) is 35.6 Å². The van der Waals surface area contributed by atoms with E-state index >= 15 is 0 Å². The molecule has 3 aromatic heterocycles. The number of rotatable bonds is 12. The van der Waals surface area contributed by atoms with Gasteiger partial charge in [0.05, 0.1) is 18.6 Å². The number of pyridine rings is 1. The van der Waals surface area contributed by atoms with E-state index in [0.29, 0.717) is 39.4 Å². The summed E-state index contributed by atoms with van der Waals surface area (Å²) in [5, 5.41) is 23.6. The number of hydrogen-bond acceptors (Lipinski definition) is 11. The number of nitrogens with zero attached hydrogens (tertiary/aromatic N) is 6. The SMILES string of the molecule is COc1ccccc1Oc1c(NS(=O)c2ccc(C(C)C)cc2)nc(-c2cc(-c3nn[nH]n3)ccn2)nc1OCCO. The molecule has 216 valence electrons. The number of anilines is 1. The Hall–Kier alpha value is -4.95. The summed E-state index contributed by atoms with van der Waals surface area (Å²) >= 11 is 0. The van der Waals surface area contributed by atoms with Crippen molar-refractivity contribution in [2.45, 2.75) is 24.7 Å². The molecule has 0 amide bonds. The molecule has 13 nitrogen and oxygen atoms in total. The summed E-state index contributed by atoms with van der Waals surface area (Å²) in [4.78, 5) is 14.1. The van der Waals surface area contributed by atoms with E-state index in [-0.39, 0.29) is 36.5 Å². The number of aliphatic hydroxyl groups is 1. The van der Waals surface area contributed by atoms with Crippen LogP contribution in [0.25, 0.3) is 22.9 Å². The average Bonchev–Trinajstić information content (AvgIpc) is 3.57. The van der Waals surface area contributed by atoms with Crippen LogP contribution in [-0.4, -0.2) is 65.2 Å². The van der Waals surface area contributed by atoms with E-state index in [4.69, 9.17) is 14.2 Å². The van der Waals surface area contributed by atoms with Crippen LogP contribution in [0.1, 0.15) is 25.3 Å². The minimum Gasteiger partial charge on any atom is -0.493 e. The Morgan fingerprint density at radius 2 is 1.81 bits per heavy atom. The van der Waals surface area contributed by atoms with Gasteiger partial charge in [0.25, 0.3) is 5.88 Å². The Balaban J connectivity index is 1.61. The maximum atomic E-state index is 13.5. The summed E-state index contributed by atoms with van der Waals surface area (Å²) in [7, 11) is -0.232. The van der Waals surface area contributed by atoms with Crippen molar-refractivity contribution >= 4 is 16.8 Å². The summed E-state index contributed by atoms with van der Waals surface area (Å²) < 4.78 is 33.9. The second-order valence-corrected chi connectivity index (χ2v) is 10.3. The highest BCUT2D eigenvalue weighted by Gasteiger charge is 2.23. The molecule has 3 heterocycles. The Morgan fingerprint density at radius 3 is 2.50 bits per heavy atom. The Bertz CT molecular complexity index is 1670. The zero-order chi connectivity index (χ0) is 29.5. The second kappa shape index (κ2) is 13.1. The van der Waals surface area contributed by atoms with Crippen molar-refractivity contribution in [3.63, 3.8) is 0 Å². The largest absolute Gasteiger partial charge is 0.493 e. The summed E-state index contributed by atoms with van der Waals surface area (Å²) in [6.45, 7) is 3.80. The van der Waals surface area contributed by atoms with Gasteiger partial charge in [-0.1, -0.05) is 38.1 Å². The molecular weight excluding hydrogens is 560 g/mol. The predicted molar refractivity (Wildman–Crippen MR) is 155 cm³/mol. The van der Waals surface area contributed by atoms with Gasteiger partial charge in [0, 0.05) is 11.8 Å². The van der Waals surface area contributed by atoms with E-state index in [2.05, 4.69) is 54.1 Å². The molecule has 0 saturated heterocycles. The van der Waals surface area contributed by atoms with Crippen LogP contribution in [0.5, 0.6) is 23.1 Å². The van der Waals surface area contributed by atoms with Gasteiger partial charge >= 0.3 is 0 Å². The molecule has 0 saturated carbocycles. The number of para-hydroxylation sites is 2. The molecule has 1 unspecified atom stereocenters. The summed E-state index contributed by atoms with van der Waals surface area (Å²) in [5.41, 5.74) is 2.09. The molecule has 0 spiro atoms. The fraction of sp³-hybridized carbons (Fsp3) is 0.214. The molecule has 0 aliphatic heterocycles. The Morgan fingerprint density at radius 1 is 1.02 bits per heavy atom. The topological polar surface area (TPSA) is 170 Å². The van der Waals surface area contributed by atoms with Gasteiger partial charge in [-0.05, 0) is 53.1 Å². The molecule has 14 heteroatoms. The van der Waals surface area contributed by atoms with E-state index in [0.717, 1.165) is 5.56 Å². The zero-order valence-electron chi connectivity index (χ0n) is 23.0. The van der Waals surface area contributed by atoms with Crippen LogP contribution < -0.4 is 18.9 Å². The van der Waals surface area contributed by atoms with E-state index in [1.54, 1.807) is 54.7 Å². The number of tetrazole rings is 1. The lowest BCUT2D eigenvalue weighted by Crippen LogP contribution is -2.12. The van der Waals surface area contributed by atoms with E-state index < -0.39 is 11.0 Å². The maximum absolute atomic E-state index is 13.5. The van der Waals surface area contributed by atoms with Crippen LogP contribution in [0.15, 0.2) is 71.8 Å². The third-order valence-corrected chi connectivity index (χ3v) is 7.07. The van der Waals surface area contributed by atoms with Crippen LogP contribution in [-0.2, 0) is 11.0 Å². The predicted octanol–water partition coefficient (Wildman–Crippen LogP) is 4.15. The molecule has 3 N–H and O–H groups in total. The summed E-state index contributed by atoms with van der Waals surface area (Å²) in [5.74, 6) is 1.70. The lowest BCUT2D eigenvalue weighted by atomic mass is 10.0. The van der Waals surface area contributed by atoms with Gasteiger partial charge in [0.2, 0.25) is 11.6 Å².